The zero-order valence-corrected chi connectivity index (χ0v) is 19.8. The fraction of sp³-hybridized carbons (Fsp3) is 0.296. The third-order valence-corrected chi connectivity index (χ3v) is 5.78. The lowest BCUT2D eigenvalue weighted by atomic mass is 9.95. The summed E-state index contributed by atoms with van der Waals surface area (Å²) in [6.07, 6.45) is -3.67. The number of halogens is 5. The van der Waals surface area contributed by atoms with Crippen LogP contribution in [0.25, 0.3) is 0 Å². The molecule has 0 spiro atoms. The Hall–Kier alpha value is -3.46. The molecule has 36 heavy (non-hydrogen) atoms. The molecule has 0 heterocycles. The van der Waals surface area contributed by atoms with Crippen molar-refractivity contribution in [1.29, 1.82) is 0 Å². The molecule has 0 aromatic heterocycles. The van der Waals surface area contributed by atoms with Gasteiger partial charge < -0.3 is 10.1 Å². The zero-order valence-electron chi connectivity index (χ0n) is 19.8. The van der Waals surface area contributed by atoms with Crippen LogP contribution >= 0.6 is 0 Å². The van der Waals surface area contributed by atoms with Gasteiger partial charge in [0, 0.05) is 13.1 Å². The summed E-state index contributed by atoms with van der Waals surface area (Å²) in [5, 5.41) is 5.94. The summed E-state index contributed by atoms with van der Waals surface area (Å²) in [6, 6.07) is 17.2. The van der Waals surface area contributed by atoms with E-state index in [0.717, 1.165) is 17.7 Å². The second-order valence-corrected chi connectivity index (χ2v) is 8.36. The molecule has 3 aromatic rings. The number of amides is 1. The molecular formula is C27H27F5N2O2. The highest BCUT2D eigenvalue weighted by molar-refractivity contribution is 5.83. The number of carbonyl (C=O) groups is 1. The molecule has 0 aliphatic carbocycles. The average molecular weight is 507 g/mol. The lowest BCUT2D eigenvalue weighted by Gasteiger charge is -2.26. The minimum atomic E-state index is -4.43. The highest BCUT2D eigenvalue weighted by atomic mass is 19.4. The number of alkyl halides is 5. The molecule has 0 saturated heterocycles. The van der Waals surface area contributed by atoms with Gasteiger partial charge in [0.1, 0.15) is 11.8 Å². The van der Waals surface area contributed by atoms with Gasteiger partial charge in [-0.1, -0.05) is 54.1 Å². The van der Waals surface area contributed by atoms with Crippen LogP contribution in [0.3, 0.4) is 0 Å². The van der Waals surface area contributed by atoms with Gasteiger partial charge >= 0.3 is 12.8 Å². The Kier molecular flexibility index (Phi) is 9.03. The van der Waals surface area contributed by atoms with Gasteiger partial charge in [-0.15, -0.1) is 0 Å². The first kappa shape index (κ1) is 27.1. The Balaban J connectivity index is 1.90. The Morgan fingerprint density at radius 2 is 1.61 bits per heavy atom. The molecule has 4 nitrogen and oxygen atoms in total. The van der Waals surface area contributed by atoms with E-state index in [9.17, 15) is 26.7 Å². The quantitative estimate of drug-likeness (QED) is 0.315. The number of ether oxygens (including phenoxy) is 1. The smallest absolute Gasteiger partial charge is 0.416 e. The van der Waals surface area contributed by atoms with Crippen LogP contribution in [0.4, 0.5) is 22.0 Å². The molecule has 3 rings (SSSR count). The molecular weight excluding hydrogens is 479 g/mol. The maximum absolute atomic E-state index is 12.9. The van der Waals surface area contributed by atoms with Crippen LogP contribution in [-0.4, -0.2) is 19.6 Å². The first-order valence-corrected chi connectivity index (χ1v) is 11.3. The standard InChI is InChI=1S/C27H27F5N2O2/c1-17-6-11-19(12-7-17)24(25(35)33-2)34-23(20-4-3-5-22(16-20)36-26(28)29)15-10-18-8-13-21(14-9-18)27(30,31)32/h3-9,11-14,16,23-24,26,34H,10,15H2,1-2H3,(H,33,35)/t23-,24-/m0/s1. The van der Waals surface area contributed by atoms with Gasteiger partial charge in [0.2, 0.25) is 5.91 Å². The van der Waals surface area contributed by atoms with Gasteiger partial charge in [0.15, 0.2) is 0 Å². The van der Waals surface area contributed by atoms with Crippen molar-refractivity contribution in [3.63, 3.8) is 0 Å². The summed E-state index contributed by atoms with van der Waals surface area (Å²) >= 11 is 0. The van der Waals surface area contributed by atoms with Gasteiger partial charge in [-0.2, -0.15) is 22.0 Å². The van der Waals surface area contributed by atoms with E-state index < -0.39 is 30.4 Å². The van der Waals surface area contributed by atoms with Crippen molar-refractivity contribution in [3.05, 3.63) is 101 Å². The first-order chi connectivity index (χ1) is 17.1. The number of likely N-dealkylation sites (N-methyl/N-ethyl adjacent to an activating group) is 1. The van der Waals surface area contributed by atoms with Crippen LogP contribution < -0.4 is 15.4 Å². The van der Waals surface area contributed by atoms with Gasteiger partial charge in [0.05, 0.1) is 5.56 Å². The lowest BCUT2D eigenvalue weighted by Crippen LogP contribution is -2.38. The van der Waals surface area contributed by atoms with E-state index in [0.29, 0.717) is 29.5 Å². The van der Waals surface area contributed by atoms with Crippen molar-refractivity contribution in [2.24, 2.45) is 0 Å². The van der Waals surface area contributed by atoms with E-state index in [4.69, 9.17) is 0 Å². The number of hydrogen-bond acceptors (Lipinski definition) is 3. The normalized spacial score (nSPS) is 13.3. The number of hydrogen-bond donors (Lipinski definition) is 2. The molecule has 2 N–H and O–H groups in total. The molecule has 9 heteroatoms. The van der Waals surface area contributed by atoms with E-state index in [1.165, 1.54) is 31.3 Å². The SMILES string of the molecule is CNC(=O)[C@@H](N[C@@H](CCc1ccc(C(F)(F)F)cc1)c1cccc(OC(F)F)c1)c1ccc(C)cc1. The number of nitrogens with one attached hydrogen (secondary N) is 2. The Bertz CT molecular complexity index is 1130. The molecule has 0 bridgehead atoms. The van der Waals surface area contributed by atoms with E-state index in [-0.39, 0.29) is 11.7 Å². The monoisotopic (exact) mass is 506 g/mol. The van der Waals surface area contributed by atoms with Crippen LogP contribution in [-0.2, 0) is 17.4 Å². The maximum atomic E-state index is 12.9. The average Bonchev–Trinajstić information content (AvgIpc) is 2.84. The van der Waals surface area contributed by atoms with Crippen molar-refractivity contribution in [3.8, 4) is 5.75 Å². The lowest BCUT2D eigenvalue weighted by molar-refractivity contribution is -0.137. The van der Waals surface area contributed by atoms with E-state index in [1.807, 2.05) is 31.2 Å². The minimum Gasteiger partial charge on any atom is -0.435 e. The number of carbonyl (C=O) groups excluding carboxylic acids is 1. The molecule has 0 aliphatic rings. The van der Waals surface area contributed by atoms with Crippen molar-refractivity contribution < 1.29 is 31.5 Å². The van der Waals surface area contributed by atoms with Crippen molar-refractivity contribution in [2.75, 3.05) is 7.05 Å². The molecule has 0 fully saturated rings. The number of aryl methyl sites for hydroxylation is 2. The fourth-order valence-electron chi connectivity index (χ4n) is 3.85. The molecule has 0 aliphatic heterocycles. The second-order valence-electron chi connectivity index (χ2n) is 8.36. The summed E-state index contributed by atoms with van der Waals surface area (Å²) in [6.45, 7) is -1.07. The molecule has 1 amide bonds. The molecule has 0 radical (unpaired) electrons. The van der Waals surface area contributed by atoms with E-state index >= 15 is 0 Å². The summed E-state index contributed by atoms with van der Waals surface area (Å²) in [5.41, 5.74) is 2.25. The van der Waals surface area contributed by atoms with Gasteiger partial charge in [-0.05, 0) is 60.7 Å². The van der Waals surface area contributed by atoms with Crippen LogP contribution in [0.2, 0.25) is 0 Å². The van der Waals surface area contributed by atoms with Crippen LogP contribution in [0.1, 0.15) is 46.3 Å². The first-order valence-electron chi connectivity index (χ1n) is 11.3. The predicted molar refractivity (Wildman–Crippen MR) is 127 cm³/mol. The molecule has 3 aromatic carbocycles. The van der Waals surface area contributed by atoms with Crippen LogP contribution in [0, 0.1) is 6.92 Å². The topological polar surface area (TPSA) is 50.4 Å². The highest BCUT2D eigenvalue weighted by Gasteiger charge is 2.30. The molecule has 192 valence electrons. The zero-order chi connectivity index (χ0) is 26.3. The Morgan fingerprint density at radius 3 is 2.19 bits per heavy atom. The molecule has 2 atom stereocenters. The van der Waals surface area contributed by atoms with Crippen LogP contribution in [0.5, 0.6) is 5.75 Å². The van der Waals surface area contributed by atoms with Crippen molar-refractivity contribution in [1.82, 2.24) is 10.6 Å². The van der Waals surface area contributed by atoms with Gasteiger partial charge in [-0.25, -0.2) is 0 Å². The Labute approximate surface area is 206 Å². The third-order valence-electron chi connectivity index (χ3n) is 5.78. The van der Waals surface area contributed by atoms with E-state index in [1.54, 1.807) is 12.1 Å². The number of benzene rings is 3. The maximum Gasteiger partial charge on any atom is 0.416 e. The minimum absolute atomic E-state index is 0.0318. The highest BCUT2D eigenvalue weighted by Crippen LogP contribution is 2.31. The summed E-state index contributed by atoms with van der Waals surface area (Å²) in [4.78, 5) is 12.8. The summed E-state index contributed by atoms with van der Waals surface area (Å²) in [7, 11) is 1.51. The Morgan fingerprint density at radius 1 is 0.944 bits per heavy atom. The fourth-order valence-corrected chi connectivity index (χ4v) is 3.85. The van der Waals surface area contributed by atoms with Gasteiger partial charge in [-0.3, -0.25) is 10.1 Å². The van der Waals surface area contributed by atoms with E-state index in [2.05, 4.69) is 15.4 Å². The van der Waals surface area contributed by atoms with Crippen LogP contribution in [0.15, 0.2) is 72.8 Å². The largest absolute Gasteiger partial charge is 0.435 e. The predicted octanol–water partition coefficient (Wildman–Crippen LogP) is 6.37. The molecule has 0 unspecified atom stereocenters. The molecule has 0 saturated carbocycles. The summed E-state index contributed by atoms with van der Waals surface area (Å²) < 4.78 is 68.8. The number of rotatable bonds is 10. The van der Waals surface area contributed by atoms with Gasteiger partial charge in [0.25, 0.3) is 0 Å². The summed E-state index contributed by atoms with van der Waals surface area (Å²) in [5.74, 6) is -0.325. The second kappa shape index (κ2) is 12.0. The third kappa shape index (κ3) is 7.52. The van der Waals surface area contributed by atoms with Crippen molar-refractivity contribution in [2.45, 2.75) is 44.6 Å². The van der Waals surface area contributed by atoms with Crippen molar-refractivity contribution >= 4 is 5.91 Å².